The number of hydrogen-bond acceptors (Lipinski definition) is 6. The number of amides is 1. The lowest BCUT2D eigenvalue weighted by Crippen LogP contribution is -2.10. The molecule has 1 amide bonds. The van der Waals surface area contributed by atoms with E-state index < -0.39 is 0 Å². The smallest absolute Gasteiger partial charge is 0.226 e. The number of carbonyl (C=O) groups excluding carboxylic acids is 1. The first-order valence-electron chi connectivity index (χ1n) is 8.25. The lowest BCUT2D eigenvalue weighted by molar-refractivity contribution is -0.116. The van der Waals surface area contributed by atoms with Crippen LogP contribution in [0.1, 0.15) is 48.0 Å². The van der Waals surface area contributed by atoms with Gasteiger partial charge in [0.1, 0.15) is 5.01 Å². The van der Waals surface area contributed by atoms with Crippen molar-refractivity contribution >= 4 is 43.9 Å². The molecular weight excluding hydrogens is 340 g/mol. The van der Waals surface area contributed by atoms with Crippen LogP contribution in [0, 0.1) is 0 Å². The number of anilines is 1. The number of para-hydroxylation sites is 1. The highest BCUT2D eigenvalue weighted by molar-refractivity contribution is 7.18. The van der Waals surface area contributed by atoms with Gasteiger partial charge >= 0.3 is 0 Å². The molecule has 4 rings (SSSR count). The zero-order chi connectivity index (χ0) is 16.4. The third kappa shape index (κ3) is 3.79. The fourth-order valence-corrected chi connectivity index (χ4v) is 4.49. The first-order valence-corrected chi connectivity index (χ1v) is 9.89. The first kappa shape index (κ1) is 15.7. The van der Waals surface area contributed by atoms with Crippen molar-refractivity contribution in [2.24, 2.45) is 0 Å². The Balaban J connectivity index is 1.21. The number of thiazole rings is 1. The summed E-state index contributed by atoms with van der Waals surface area (Å²) in [5.41, 5.74) is 1.07. The zero-order valence-electron chi connectivity index (χ0n) is 13.2. The topological polar surface area (TPSA) is 67.8 Å². The Morgan fingerprint density at radius 3 is 2.88 bits per heavy atom. The second-order valence-corrected chi connectivity index (χ2v) is 8.17. The van der Waals surface area contributed by atoms with Crippen LogP contribution in [-0.2, 0) is 11.2 Å². The molecule has 5 nitrogen and oxygen atoms in total. The monoisotopic (exact) mass is 358 g/mol. The van der Waals surface area contributed by atoms with Crippen LogP contribution in [0.3, 0.4) is 0 Å². The number of benzene rings is 1. The molecule has 0 unspecified atom stereocenters. The summed E-state index contributed by atoms with van der Waals surface area (Å²) >= 11 is 3.25. The SMILES string of the molecule is O=C(CCCCc1nc2ccccc2s1)Nc1nnc(C2CC2)s1. The van der Waals surface area contributed by atoms with Crippen molar-refractivity contribution in [2.45, 2.75) is 44.4 Å². The molecule has 2 aromatic heterocycles. The number of unbranched alkanes of at least 4 members (excludes halogenated alkanes) is 1. The van der Waals surface area contributed by atoms with E-state index in [1.165, 1.54) is 28.9 Å². The van der Waals surface area contributed by atoms with E-state index in [4.69, 9.17) is 0 Å². The molecule has 24 heavy (non-hydrogen) atoms. The summed E-state index contributed by atoms with van der Waals surface area (Å²) in [7, 11) is 0. The molecule has 0 aliphatic heterocycles. The number of nitrogens with one attached hydrogen (secondary N) is 1. The molecule has 1 aliphatic rings. The molecule has 1 aliphatic carbocycles. The van der Waals surface area contributed by atoms with E-state index in [0.717, 1.165) is 34.8 Å². The Morgan fingerprint density at radius 1 is 1.17 bits per heavy atom. The summed E-state index contributed by atoms with van der Waals surface area (Å²) in [5.74, 6) is 0.611. The van der Waals surface area contributed by atoms with Crippen molar-refractivity contribution in [3.05, 3.63) is 34.3 Å². The van der Waals surface area contributed by atoms with Crippen molar-refractivity contribution < 1.29 is 4.79 Å². The molecule has 1 fully saturated rings. The minimum Gasteiger partial charge on any atom is -0.301 e. The lowest BCUT2D eigenvalue weighted by atomic mass is 10.2. The van der Waals surface area contributed by atoms with Crippen LogP contribution in [0.5, 0.6) is 0 Å². The second-order valence-electron chi connectivity index (χ2n) is 6.05. The first-order chi connectivity index (χ1) is 11.8. The van der Waals surface area contributed by atoms with Gasteiger partial charge in [0.2, 0.25) is 11.0 Å². The minimum absolute atomic E-state index is 0.0257. The molecule has 1 N–H and O–H groups in total. The number of fused-ring (bicyclic) bond motifs is 1. The van der Waals surface area contributed by atoms with E-state index in [2.05, 4.69) is 26.6 Å². The summed E-state index contributed by atoms with van der Waals surface area (Å²) in [4.78, 5) is 16.6. The van der Waals surface area contributed by atoms with Crippen LogP contribution in [-0.4, -0.2) is 21.1 Å². The van der Waals surface area contributed by atoms with Crippen LogP contribution in [0.4, 0.5) is 5.13 Å². The summed E-state index contributed by atoms with van der Waals surface area (Å²) in [6.45, 7) is 0. The highest BCUT2D eigenvalue weighted by Gasteiger charge is 2.27. The average Bonchev–Trinajstić information content (AvgIpc) is 3.18. The molecule has 1 saturated carbocycles. The molecular formula is C17H18N4OS2. The Morgan fingerprint density at radius 2 is 2.04 bits per heavy atom. The van der Waals surface area contributed by atoms with Gasteiger partial charge in [0.25, 0.3) is 0 Å². The average molecular weight is 358 g/mol. The maximum absolute atomic E-state index is 12.0. The fourth-order valence-electron chi connectivity index (χ4n) is 2.55. The molecule has 124 valence electrons. The number of carbonyl (C=O) groups is 1. The van der Waals surface area contributed by atoms with Gasteiger partial charge in [-0.15, -0.1) is 21.5 Å². The van der Waals surface area contributed by atoms with Crippen molar-refractivity contribution in [1.29, 1.82) is 0 Å². The Bertz CT molecular complexity index is 820. The number of nitrogens with zero attached hydrogens (tertiary/aromatic N) is 3. The van der Waals surface area contributed by atoms with Crippen LogP contribution in [0.15, 0.2) is 24.3 Å². The number of aromatic nitrogens is 3. The van der Waals surface area contributed by atoms with Gasteiger partial charge < -0.3 is 5.32 Å². The molecule has 0 radical (unpaired) electrons. The highest BCUT2D eigenvalue weighted by atomic mass is 32.1. The van der Waals surface area contributed by atoms with E-state index in [1.807, 2.05) is 18.2 Å². The van der Waals surface area contributed by atoms with Gasteiger partial charge in [-0.25, -0.2) is 4.98 Å². The van der Waals surface area contributed by atoms with Crippen molar-refractivity contribution in [1.82, 2.24) is 15.2 Å². The predicted molar refractivity (Wildman–Crippen MR) is 97.7 cm³/mol. The molecule has 0 atom stereocenters. The molecule has 0 spiro atoms. The Hall–Kier alpha value is -1.86. The standard InChI is InChI=1S/C17H18N4OS2/c22-14(19-17-21-20-16(24-17)11-9-10-11)7-3-4-8-15-18-12-5-1-2-6-13(12)23-15/h1-2,5-6,11H,3-4,7-10H2,(H,19,21,22). The van der Waals surface area contributed by atoms with Crippen molar-refractivity contribution in [3.63, 3.8) is 0 Å². The zero-order valence-corrected chi connectivity index (χ0v) is 14.8. The van der Waals surface area contributed by atoms with E-state index in [0.29, 0.717) is 17.5 Å². The van der Waals surface area contributed by atoms with Gasteiger partial charge in [0.05, 0.1) is 15.2 Å². The van der Waals surface area contributed by atoms with Crippen LogP contribution < -0.4 is 5.32 Å². The third-order valence-electron chi connectivity index (χ3n) is 4.00. The van der Waals surface area contributed by atoms with Gasteiger partial charge in [-0.05, 0) is 44.2 Å². The van der Waals surface area contributed by atoms with E-state index >= 15 is 0 Å². The molecule has 2 heterocycles. The van der Waals surface area contributed by atoms with Gasteiger partial charge in [0, 0.05) is 12.3 Å². The third-order valence-corrected chi connectivity index (χ3v) is 6.09. The van der Waals surface area contributed by atoms with E-state index in [-0.39, 0.29) is 5.91 Å². The Labute approximate surface area is 148 Å². The van der Waals surface area contributed by atoms with Gasteiger partial charge in [-0.2, -0.15) is 0 Å². The van der Waals surface area contributed by atoms with Crippen LogP contribution >= 0.6 is 22.7 Å². The maximum atomic E-state index is 12.0. The number of aryl methyl sites for hydroxylation is 1. The number of rotatable bonds is 7. The highest BCUT2D eigenvalue weighted by Crippen LogP contribution is 2.42. The molecule has 1 aromatic carbocycles. The summed E-state index contributed by atoms with van der Waals surface area (Å²) in [6, 6.07) is 8.19. The fraction of sp³-hybridized carbons (Fsp3) is 0.412. The predicted octanol–water partition coefficient (Wildman–Crippen LogP) is 4.38. The van der Waals surface area contributed by atoms with Crippen LogP contribution in [0.2, 0.25) is 0 Å². The van der Waals surface area contributed by atoms with E-state index in [9.17, 15) is 4.79 Å². The number of hydrogen-bond donors (Lipinski definition) is 1. The van der Waals surface area contributed by atoms with E-state index in [1.54, 1.807) is 11.3 Å². The lowest BCUT2D eigenvalue weighted by Gasteiger charge is -2.00. The van der Waals surface area contributed by atoms with Crippen LogP contribution in [0.25, 0.3) is 10.2 Å². The molecule has 3 aromatic rings. The van der Waals surface area contributed by atoms with Gasteiger partial charge in [-0.3, -0.25) is 4.79 Å². The van der Waals surface area contributed by atoms with Gasteiger partial charge in [-0.1, -0.05) is 23.5 Å². The molecule has 0 saturated heterocycles. The normalized spacial score (nSPS) is 14.2. The summed E-state index contributed by atoms with van der Waals surface area (Å²) in [6.07, 6.45) is 5.68. The minimum atomic E-state index is 0.0257. The Kier molecular flexibility index (Phi) is 4.53. The maximum Gasteiger partial charge on any atom is 0.226 e. The summed E-state index contributed by atoms with van der Waals surface area (Å²) < 4.78 is 1.23. The van der Waals surface area contributed by atoms with Crippen molar-refractivity contribution in [2.75, 3.05) is 5.32 Å². The van der Waals surface area contributed by atoms with Gasteiger partial charge in [0.15, 0.2) is 0 Å². The second kappa shape index (κ2) is 6.94. The summed E-state index contributed by atoms with van der Waals surface area (Å²) in [5, 5.41) is 13.9. The largest absolute Gasteiger partial charge is 0.301 e. The quantitative estimate of drug-likeness (QED) is 0.637. The molecule has 7 heteroatoms. The van der Waals surface area contributed by atoms with Crippen molar-refractivity contribution in [3.8, 4) is 0 Å². The molecule has 0 bridgehead atoms.